The van der Waals surface area contributed by atoms with E-state index in [0.29, 0.717) is 12.1 Å². The molecule has 1 atom stereocenters. The van der Waals surface area contributed by atoms with Gasteiger partial charge in [-0.05, 0) is 31.6 Å². The van der Waals surface area contributed by atoms with Gasteiger partial charge in [0.15, 0.2) is 5.96 Å². The van der Waals surface area contributed by atoms with Gasteiger partial charge >= 0.3 is 0 Å². The van der Waals surface area contributed by atoms with Crippen molar-refractivity contribution in [2.24, 2.45) is 16.6 Å². The van der Waals surface area contributed by atoms with Crippen LogP contribution in [0.5, 0.6) is 0 Å². The maximum atomic E-state index is 6.04. The van der Waals surface area contributed by atoms with E-state index in [9.17, 15) is 0 Å². The van der Waals surface area contributed by atoms with Gasteiger partial charge in [0.2, 0.25) is 0 Å². The third-order valence-corrected chi connectivity index (χ3v) is 4.47. The average Bonchev–Trinajstić information content (AvgIpc) is 2.72. The van der Waals surface area contributed by atoms with Crippen LogP contribution in [0, 0.1) is 5.92 Å². The fraction of sp³-hybridized carbons (Fsp3) is 0.917. The zero-order chi connectivity index (χ0) is 10.3. The van der Waals surface area contributed by atoms with Gasteiger partial charge in [0.05, 0.1) is 12.6 Å². The van der Waals surface area contributed by atoms with E-state index in [-0.39, 0.29) is 0 Å². The summed E-state index contributed by atoms with van der Waals surface area (Å²) in [7, 11) is 0. The summed E-state index contributed by atoms with van der Waals surface area (Å²) in [6, 6.07) is 1.36. The molecule has 2 fully saturated rings. The van der Waals surface area contributed by atoms with E-state index in [0.717, 1.165) is 18.4 Å². The van der Waals surface area contributed by atoms with Crippen LogP contribution in [0.2, 0.25) is 0 Å². The topological polar surface area (TPSA) is 41.6 Å². The summed E-state index contributed by atoms with van der Waals surface area (Å²) >= 11 is 0. The van der Waals surface area contributed by atoms with Crippen LogP contribution >= 0.6 is 0 Å². The molecule has 1 unspecified atom stereocenters. The molecule has 0 aromatic rings. The molecule has 15 heavy (non-hydrogen) atoms. The zero-order valence-electron chi connectivity index (χ0n) is 9.36. The van der Waals surface area contributed by atoms with E-state index >= 15 is 0 Å². The van der Waals surface area contributed by atoms with Crippen LogP contribution in [-0.4, -0.2) is 29.5 Å². The first-order valence-corrected chi connectivity index (χ1v) is 6.44. The van der Waals surface area contributed by atoms with Gasteiger partial charge in [-0.2, -0.15) is 0 Å². The molecule has 0 radical (unpaired) electrons. The van der Waals surface area contributed by atoms with Crippen molar-refractivity contribution in [1.82, 2.24) is 4.90 Å². The summed E-state index contributed by atoms with van der Waals surface area (Å²) in [4.78, 5) is 6.94. The van der Waals surface area contributed by atoms with Crippen molar-refractivity contribution in [3.05, 3.63) is 0 Å². The maximum Gasteiger partial charge on any atom is 0.191 e. The van der Waals surface area contributed by atoms with Crippen LogP contribution in [0.4, 0.5) is 0 Å². The Kier molecular flexibility index (Phi) is 2.33. The molecular formula is C12H21N3. The largest absolute Gasteiger partial charge is 0.370 e. The van der Waals surface area contributed by atoms with Gasteiger partial charge < -0.3 is 10.6 Å². The number of hydrogen-bond acceptors (Lipinski definition) is 3. The Morgan fingerprint density at radius 2 is 1.80 bits per heavy atom. The van der Waals surface area contributed by atoms with Crippen molar-refractivity contribution in [2.75, 3.05) is 6.54 Å². The molecule has 0 bridgehead atoms. The van der Waals surface area contributed by atoms with Crippen molar-refractivity contribution in [1.29, 1.82) is 0 Å². The monoisotopic (exact) mass is 207 g/mol. The normalized spacial score (nSPS) is 33.2. The SMILES string of the molecule is NC1=NCC(C2CCC2)N1C1CCCC1. The highest BCUT2D eigenvalue weighted by molar-refractivity contribution is 5.80. The number of nitrogens with zero attached hydrogens (tertiary/aromatic N) is 2. The molecule has 3 rings (SSSR count). The Morgan fingerprint density at radius 1 is 1.07 bits per heavy atom. The highest BCUT2D eigenvalue weighted by Gasteiger charge is 2.39. The van der Waals surface area contributed by atoms with E-state index in [1.165, 1.54) is 44.9 Å². The van der Waals surface area contributed by atoms with Crippen molar-refractivity contribution in [3.63, 3.8) is 0 Å². The van der Waals surface area contributed by atoms with E-state index in [1.54, 1.807) is 0 Å². The highest BCUT2D eigenvalue weighted by atomic mass is 15.3. The predicted molar refractivity (Wildman–Crippen MR) is 61.7 cm³/mol. The van der Waals surface area contributed by atoms with Crippen molar-refractivity contribution in [3.8, 4) is 0 Å². The van der Waals surface area contributed by atoms with Gasteiger partial charge in [0.25, 0.3) is 0 Å². The van der Waals surface area contributed by atoms with Crippen molar-refractivity contribution >= 4 is 5.96 Å². The summed E-state index contributed by atoms with van der Waals surface area (Å²) in [5.41, 5.74) is 6.04. The number of aliphatic imine (C=N–C) groups is 1. The van der Waals surface area contributed by atoms with Gasteiger partial charge in [-0.1, -0.05) is 19.3 Å². The van der Waals surface area contributed by atoms with Crippen molar-refractivity contribution < 1.29 is 0 Å². The molecule has 84 valence electrons. The molecular weight excluding hydrogens is 186 g/mol. The second-order valence-corrected chi connectivity index (χ2v) is 5.30. The minimum Gasteiger partial charge on any atom is -0.370 e. The van der Waals surface area contributed by atoms with Crippen molar-refractivity contribution in [2.45, 2.75) is 57.0 Å². The van der Waals surface area contributed by atoms with Gasteiger partial charge in [-0.15, -0.1) is 0 Å². The maximum absolute atomic E-state index is 6.04. The van der Waals surface area contributed by atoms with E-state index < -0.39 is 0 Å². The van der Waals surface area contributed by atoms with Gasteiger partial charge in [0.1, 0.15) is 0 Å². The second-order valence-electron chi connectivity index (χ2n) is 5.30. The summed E-state index contributed by atoms with van der Waals surface area (Å²) < 4.78 is 0. The standard InChI is InChI=1S/C12H21N3/c13-12-14-8-11(9-4-3-5-9)15(12)10-6-1-2-7-10/h9-11H,1-8H2,(H2,13,14). The lowest BCUT2D eigenvalue weighted by molar-refractivity contribution is 0.140. The highest BCUT2D eigenvalue weighted by Crippen LogP contribution is 2.37. The average molecular weight is 207 g/mol. The molecule has 3 heteroatoms. The second kappa shape index (κ2) is 3.69. The summed E-state index contributed by atoms with van der Waals surface area (Å²) in [5, 5.41) is 0. The van der Waals surface area contributed by atoms with Crippen LogP contribution in [0.3, 0.4) is 0 Å². The smallest absolute Gasteiger partial charge is 0.191 e. The van der Waals surface area contributed by atoms with E-state index in [4.69, 9.17) is 5.73 Å². The first-order chi connectivity index (χ1) is 7.36. The van der Waals surface area contributed by atoms with Crippen LogP contribution in [-0.2, 0) is 0 Å². The fourth-order valence-electron chi connectivity index (χ4n) is 3.37. The fourth-order valence-corrected chi connectivity index (χ4v) is 3.37. The molecule has 0 aromatic carbocycles. The first-order valence-electron chi connectivity index (χ1n) is 6.44. The zero-order valence-corrected chi connectivity index (χ0v) is 9.36. The third-order valence-electron chi connectivity index (χ3n) is 4.47. The summed E-state index contributed by atoms with van der Waals surface area (Å²) in [6.45, 7) is 0.965. The molecule has 1 aliphatic heterocycles. The molecule has 3 aliphatic rings. The number of rotatable bonds is 2. The molecule has 0 saturated heterocycles. The van der Waals surface area contributed by atoms with Gasteiger partial charge in [0, 0.05) is 6.04 Å². The molecule has 2 aliphatic carbocycles. The summed E-state index contributed by atoms with van der Waals surface area (Å²) in [6.07, 6.45) is 9.64. The quantitative estimate of drug-likeness (QED) is 0.749. The molecule has 0 aromatic heterocycles. The van der Waals surface area contributed by atoms with Crippen LogP contribution in [0.15, 0.2) is 4.99 Å². The minimum atomic E-state index is 0.654. The molecule has 2 saturated carbocycles. The Bertz CT molecular complexity index is 264. The van der Waals surface area contributed by atoms with E-state index in [2.05, 4.69) is 9.89 Å². The van der Waals surface area contributed by atoms with Crippen LogP contribution in [0.25, 0.3) is 0 Å². The Morgan fingerprint density at radius 3 is 2.40 bits per heavy atom. The number of nitrogens with two attached hydrogens (primary N) is 1. The number of guanidine groups is 1. The lowest BCUT2D eigenvalue weighted by atomic mass is 9.79. The molecule has 0 spiro atoms. The Labute approximate surface area is 91.7 Å². The van der Waals surface area contributed by atoms with Gasteiger partial charge in [-0.3, -0.25) is 4.99 Å². The van der Waals surface area contributed by atoms with Crippen LogP contribution < -0.4 is 5.73 Å². The van der Waals surface area contributed by atoms with Gasteiger partial charge in [-0.25, -0.2) is 0 Å². The lowest BCUT2D eigenvalue weighted by Gasteiger charge is -2.40. The molecule has 0 amide bonds. The molecule has 1 heterocycles. The molecule has 2 N–H and O–H groups in total. The Hall–Kier alpha value is -0.730. The van der Waals surface area contributed by atoms with Crippen LogP contribution in [0.1, 0.15) is 44.9 Å². The Balaban J connectivity index is 1.72. The lowest BCUT2D eigenvalue weighted by Crippen LogP contribution is -2.50. The minimum absolute atomic E-state index is 0.654. The first kappa shape index (κ1) is 9.49. The predicted octanol–water partition coefficient (Wildman–Crippen LogP) is 1.73. The van der Waals surface area contributed by atoms with E-state index in [1.807, 2.05) is 0 Å². The molecule has 3 nitrogen and oxygen atoms in total. The number of hydrogen-bond donors (Lipinski definition) is 1. The summed E-state index contributed by atoms with van der Waals surface area (Å²) in [5.74, 6) is 1.72. The third kappa shape index (κ3) is 1.52.